The van der Waals surface area contributed by atoms with Crippen LogP contribution in [-0.2, 0) is 25.4 Å². The number of anilines is 1. The molecule has 4 N–H and O–H groups in total. The smallest absolute Gasteiger partial charge is 0.417 e. The molecule has 2 unspecified atom stereocenters. The van der Waals surface area contributed by atoms with Gasteiger partial charge in [0.25, 0.3) is 5.91 Å². The molecule has 0 bridgehead atoms. The molecule has 55 heavy (non-hydrogen) atoms. The molecule has 18 heteroatoms. The molecule has 5 aromatic rings. The van der Waals surface area contributed by atoms with Crippen LogP contribution in [0.4, 0.5) is 15.3 Å². The van der Waals surface area contributed by atoms with Gasteiger partial charge in [-0.15, -0.1) is 0 Å². The fourth-order valence-corrected chi connectivity index (χ4v) is 6.77. The number of carboxylic acids is 1. The number of hydrogen-bond acceptors (Lipinski definition) is 12. The van der Waals surface area contributed by atoms with Crippen LogP contribution in [0.2, 0.25) is 5.02 Å². The van der Waals surface area contributed by atoms with E-state index in [2.05, 4.69) is 20.7 Å². The standard InChI is InChI=1S/C37H34ClN4O12P/c1-22(35(44)45)42-55(48,21-49-2)54-25-11-9-23(10-12-25)20-51-36(46)41-34(43)28-18-27-31(19-33(28)50-3)39-16-15-32(27)52-26-13-14-30(29(38)17-26)40-37(47)53-24-7-5-4-6-8-24/h4-19,22H,20-21H2,1-3H3,(H,40,47)(H,42,48)(H,44,45)(H,41,43,46). The first-order valence-electron chi connectivity index (χ1n) is 16.2. The summed E-state index contributed by atoms with van der Waals surface area (Å²) in [5.41, 5.74) is 1.17. The Hall–Kier alpha value is -6.19. The summed E-state index contributed by atoms with van der Waals surface area (Å²) in [6, 6.07) is 22.4. The van der Waals surface area contributed by atoms with Crippen molar-refractivity contribution in [3.63, 3.8) is 0 Å². The monoisotopic (exact) mass is 792 g/mol. The molecule has 0 aliphatic rings. The Balaban J connectivity index is 1.22. The second kappa shape index (κ2) is 18.2. The molecule has 0 aliphatic heterocycles. The number of carbonyl (C=O) groups is 4. The summed E-state index contributed by atoms with van der Waals surface area (Å²) in [6.45, 7) is 1.07. The number of carboxylic acid groups (broad SMARTS) is 1. The fraction of sp³-hybridized carbons (Fsp3) is 0.162. The van der Waals surface area contributed by atoms with Crippen molar-refractivity contribution in [3.05, 3.63) is 113 Å². The number of amides is 3. The maximum Gasteiger partial charge on any atom is 0.417 e. The highest BCUT2D eigenvalue weighted by Crippen LogP contribution is 2.43. The second-order valence-corrected chi connectivity index (χ2v) is 13.9. The van der Waals surface area contributed by atoms with Crippen LogP contribution < -0.4 is 34.5 Å². The summed E-state index contributed by atoms with van der Waals surface area (Å²) in [7, 11) is -1.08. The van der Waals surface area contributed by atoms with Gasteiger partial charge in [-0.1, -0.05) is 41.9 Å². The van der Waals surface area contributed by atoms with Gasteiger partial charge in [0.05, 0.1) is 28.9 Å². The number of ether oxygens (including phenoxy) is 5. The van der Waals surface area contributed by atoms with Crippen LogP contribution in [-0.4, -0.2) is 60.8 Å². The molecule has 0 fully saturated rings. The number of imide groups is 1. The molecule has 1 aromatic heterocycles. The number of benzene rings is 4. The molecule has 4 aromatic carbocycles. The molecule has 2 atom stereocenters. The van der Waals surface area contributed by atoms with E-state index in [9.17, 15) is 23.7 Å². The maximum absolute atomic E-state index is 13.3. The first kappa shape index (κ1) is 40.0. The van der Waals surface area contributed by atoms with Crippen molar-refractivity contribution in [2.45, 2.75) is 19.6 Å². The molecular weight excluding hydrogens is 759 g/mol. The highest BCUT2D eigenvalue weighted by molar-refractivity contribution is 7.57. The van der Waals surface area contributed by atoms with Crippen LogP contribution in [0.25, 0.3) is 10.9 Å². The summed E-state index contributed by atoms with van der Waals surface area (Å²) < 4.78 is 45.5. The van der Waals surface area contributed by atoms with E-state index >= 15 is 0 Å². The Labute approximate surface area is 319 Å². The zero-order chi connectivity index (χ0) is 39.5. The minimum absolute atomic E-state index is 0.0212. The Morgan fingerprint density at radius 2 is 1.60 bits per heavy atom. The van der Waals surface area contributed by atoms with Crippen LogP contribution in [0.1, 0.15) is 22.8 Å². The van der Waals surface area contributed by atoms with Gasteiger partial charge < -0.3 is 33.3 Å². The molecule has 286 valence electrons. The van der Waals surface area contributed by atoms with Gasteiger partial charge >= 0.3 is 25.7 Å². The number of aliphatic carboxylic acids is 1. The predicted molar refractivity (Wildman–Crippen MR) is 200 cm³/mol. The van der Waals surface area contributed by atoms with E-state index in [0.29, 0.717) is 33.7 Å². The van der Waals surface area contributed by atoms with E-state index in [-0.39, 0.29) is 40.7 Å². The third kappa shape index (κ3) is 10.9. The number of pyridine rings is 1. The number of methoxy groups -OCH3 is 2. The number of hydrogen-bond donors (Lipinski definition) is 4. The van der Waals surface area contributed by atoms with Crippen LogP contribution >= 0.6 is 19.1 Å². The lowest BCUT2D eigenvalue weighted by Crippen LogP contribution is -2.33. The molecule has 0 saturated carbocycles. The number of carbonyl (C=O) groups excluding carboxylic acids is 3. The molecule has 3 amide bonds. The van der Waals surface area contributed by atoms with E-state index < -0.39 is 37.6 Å². The van der Waals surface area contributed by atoms with Crippen LogP contribution in [0.3, 0.4) is 0 Å². The topological polar surface area (TPSA) is 210 Å². The SMILES string of the molecule is COCP(=O)(NC(C)C(=O)O)Oc1ccc(COC(=O)NC(=O)c2cc3c(Oc4ccc(NC(=O)Oc5ccccc5)c(Cl)c4)ccnc3cc2OC)cc1. The third-order valence-electron chi connectivity index (χ3n) is 7.45. The van der Waals surface area contributed by atoms with E-state index in [1.807, 2.05) is 0 Å². The number of para-hydroxylation sites is 1. The lowest BCUT2D eigenvalue weighted by Gasteiger charge is -2.22. The molecule has 16 nitrogen and oxygen atoms in total. The number of fused-ring (bicyclic) bond motifs is 1. The zero-order valence-electron chi connectivity index (χ0n) is 29.4. The van der Waals surface area contributed by atoms with Crippen molar-refractivity contribution in [2.24, 2.45) is 0 Å². The van der Waals surface area contributed by atoms with Gasteiger partial charge in [-0.05, 0) is 61.0 Å². The lowest BCUT2D eigenvalue weighted by molar-refractivity contribution is -0.138. The van der Waals surface area contributed by atoms with Crippen molar-refractivity contribution >= 4 is 59.8 Å². The van der Waals surface area contributed by atoms with Gasteiger partial charge in [-0.3, -0.25) is 29.8 Å². The summed E-state index contributed by atoms with van der Waals surface area (Å²) in [5, 5.41) is 16.9. The molecule has 0 spiro atoms. The number of nitrogens with one attached hydrogen (secondary N) is 3. The summed E-state index contributed by atoms with van der Waals surface area (Å²) in [6.07, 6.45) is -0.669. The quantitative estimate of drug-likeness (QED) is 0.0753. The summed E-state index contributed by atoms with van der Waals surface area (Å²) >= 11 is 6.43. The van der Waals surface area contributed by atoms with Crippen LogP contribution in [0.15, 0.2) is 97.2 Å². The first-order chi connectivity index (χ1) is 26.4. The van der Waals surface area contributed by atoms with Crippen molar-refractivity contribution < 1.29 is 57.1 Å². The number of alkyl carbamates (subject to hydrolysis) is 1. The largest absolute Gasteiger partial charge is 0.496 e. The van der Waals surface area contributed by atoms with E-state index in [4.69, 9.17) is 44.9 Å². The normalized spacial score (nSPS) is 12.4. The van der Waals surface area contributed by atoms with Gasteiger partial charge in [0, 0.05) is 30.8 Å². The summed E-state index contributed by atoms with van der Waals surface area (Å²) in [5.74, 6) is -0.828. The highest BCUT2D eigenvalue weighted by Gasteiger charge is 2.29. The van der Waals surface area contributed by atoms with E-state index in [1.54, 1.807) is 42.5 Å². The number of aromatic nitrogens is 1. The Bertz CT molecular complexity index is 2240. The average Bonchev–Trinajstić information content (AvgIpc) is 3.15. The van der Waals surface area contributed by atoms with E-state index in [0.717, 1.165) is 0 Å². The van der Waals surface area contributed by atoms with Crippen molar-refractivity contribution in [3.8, 4) is 28.7 Å². The number of nitrogens with zero attached hydrogens (tertiary/aromatic N) is 1. The van der Waals surface area contributed by atoms with Crippen molar-refractivity contribution in [1.29, 1.82) is 0 Å². The Kier molecular flexibility index (Phi) is 13.3. The van der Waals surface area contributed by atoms with Gasteiger partial charge in [0.1, 0.15) is 47.7 Å². The van der Waals surface area contributed by atoms with Gasteiger partial charge in [0.2, 0.25) is 0 Å². The van der Waals surface area contributed by atoms with E-state index in [1.165, 1.54) is 75.9 Å². The molecule has 0 saturated heterocycles. The minimum Gasteiger partial charge on any atom is -0.496 e. The first-order valence-corrected chi connectivity index (χ1v) is 18.4. The summed E-state index contributed by atoms with van der Waals surface area (Å²) in [4.78, 5) is 53.8. The van der Waals surface area contributed by atoms with Crippen LogP contribution in [0, 0.1) is 0 Å². The maximum atomic E-state index is 13.3. The number of rotatable bonds is 15. The molecule has 0 radical (unpaired) electrons. The molecule has 0 aliphatic carbocycles. The molecule has 5 rings (SSSR count). The Morgan fingerprint density at radius 3 is 2.27 bits per heavy atom. The molecule has 1 heterocycles. The Morgan fingerprint density at radius 1 is 0.873 bits per heavy atom. The third-order valence-corrected chi connectivity index (χ3v) is 9.65. The second-order valence-electron chi connectivity index (χ2n) is 11.5. The van der Waals surface area contributed by atoms with Gasteiger partial charge in [-0.25, -0.2) is 14.7 Å². The fourth-order valence-electron chi connectivity index (χ4n) is 4.87. The van der Waals surface area contributed by atoms with Crippen molar-refractivity contribution in [1.82, 2.24) is 15.4 Å². The predicted octanol–water partition coefficient (Wildman–Crippen LogP) is 7.61. The lowest BCUT2D eigenvalue weighted by atomic mass is 10.1. The molecular formula is C37H34ClN4O12P. The zero-order valence-corrected chi connectivity index (χ0v) is 31.1. The highest BCUT2D eigenvalue weighted by atomic mass is 35.5. The number of halogens is 1. The van der Waals surface area contributed by atoms with Crippen LogP contribution in [0.5, 0.6) is 28.7 Å². The van der Waals surface area contributed by atoms with Crippen molar-refractivity contribution in [2.75, 3.05) is 25.9 Å². The van der Waals surface area contributed by atoms with Gasteiger partial charge in [0.15, 0.2) is 0 Å². The van der Waals surface area contributed by atoms with Gasteiger partial charge in [-0.2, -0.15) is 0 Å². The minimum atomic E-state index is -3.73. The average molecular weight is 793 g/mol.